The number of halogens is 5. The molecule has 2 aliphatic heterocycles. The van der Waals surface area contributed by atoms with Crippen LogP contribution in [0.4, 0.5) is 18.9 Å². The van der Waals surface area contributed by atoms with Gasteiger partial charge in [-0.3, -0.25) is 10.1 Å². The maximum atomic E-state index is 13.9. The highest BCUT2D eigenvalue weighted by atomic mass is 35.5. The number of aliphatic imine (C=N–C) groups is 1. The minimum atomic E-state index is -3.25. The van der Waals surface area contributed by atoms with Gasteiger partial charge in [0, 0.05) is 24.7 Å². The summed E-state index contributed by atoms with van der Waals surface area (Å²) in [6, 6.07) is 6.68. The van der Waals surface area contributed by atoms with E-state index in [9.17, 15) is 28.3 Å². The molecule has 0 saturated carbocycles. The van der Waals surface area contributed by atoms with Crippen molar-refractivity contribution in [3.05, 3.63) is 57.8 Å². The monoisotopic (exact) mass is 597 g/mol. The molecule has 2 aromatic rings. The summed E-state index contributed by atoms with van der Waals surface area (Å²) in [5.74, 6) is -2.11. The van der Waals surface area contributed by atoms with Gasteiger partial charge in [0.25, 0.3) is 0 Å². The van der Waals surface area contributed by atoms with E-state index in [1.54, 1.807) is 36.2 Å². The van der Waals surface area contributed by atoms with Crippen molar-refractivity contribution in [1.82, 2.24) is 20.5 Å². The number of amides is 1. The van der Waals surface area contributed by atoms with Gasteiger partial charge in [0.2, 0.25) is 11.9 Å². The summed E-state index contributed by atoms with van der Waals surface area (Å²) < 4.78 is 43.5. The van der Waals surface area contributed by atoms with Crippen LogP contribution in [0.3, 0.4) is 0 Å². The third kappa shape index (κ3) is 6.59. The smallest absolute Gasteiger partial charge is 0.387 e. The highest BCUT2D eigenvalue weighted by Crippen LogP contribution is 2.29. The number of β-amino-alcohol motifs (C(OH)–C–C–N with tert-alkyl or cyclic N) is 1. The zero-order valence-electron chi connectivity index (χ0n) is 21.0. The number of hydrogen-bond donors (Lipinski definition) is 3. The lowest BCUT2D eigenvalue weighted by molar-refractivity contribution is -0.134. The summed E-state index contributed by atoms with van der Waals surface area (Å²) >= 11 is 12.4. The Hall–Kier alpha value is -3.57. The number of hydrazone groups is 1. The molecular weight excluding hydrogens is 574 g/mol. The highest BCUT2D eigenvalue weighted by molar-refractivity contribution is 6.42. The number of hydrogen-bond acceptors (Lipinski definition) is 7. The molecule has 15 heteroatoms. The van der Waals surface area contributed by atoms with E-state index in [0.29, 0.717) is 16.3 Å². The van der Waals surface area contributed by atoms with Gasteiger partial charge in [0.05, 0.1) is 46.2 Å². The zero-order valence-corrected chi connectivity index (χ0v) is 22.5. The molecule has 1 saturated heterocycles. The Morgan fingerprint density at radius 3 is 2.75 bits per heavy atom. The average Bonchev–Trinajstić information content (AvgIpc) is 3.54. The van der Waals surface area contributed by atoms with Gasteiger partial charge in [-0.1, -0.05) is 29.3 Å². The normalized spacial score (nSPS) is 20.9. The fourth-order valence-electron chi connectivity index (χ4n) is 4.48. The first kappa shape index (κ1) is 29.4. The third-order valence-electron chi connectivity index (χ3n) is 6.29. The number of nitrogens with one attached hydrogen (secondary N) is 2. The van der Waals surface area contributed by atoms with Gasteiger partial charge in [-0.15, -0.1) is 0 Å². The van der Waals surface area contributed by atoms with E-state index >= 15 is 0 Å². The second kappa shape index (κ2) is 12.7. The molecule has 0 bridgehead atoms. The molecule has 3 N–H and O–H groups in total. The fourth-order valence-corrected chi connectivity index (χ4v) is 4.78. The van der Waals surface area contributed by atoms with Gasteiger partial charge in [0.15, 0.2) is 17.8 Å². The van der Waals surface area contributed by atoms with E-state index in [1.807, 2.05) is 0 Å². The maximum Gasteiger partial charge on any atom is 0.387 e. The van der Waals surface area contributed by atoms with Crippen molar-refractivity contribution in [2.75, 3.05) is 19.6 Å². The summed E-state index contributed by atoms with van der Waals surface area (Å²) in [6.07, 6.45) is 1.35. The van der Waals surface area contributed by atoms with Gasteiger partial charge < -0.3 is 20.1 Å². The minimum Gasteiger partial charge on any atom is -0.432 e. The lowest BCUT2D eigenvalue weighted by Crippen LogP contribution is -2.53. The SMILES string of the molecule is CCN(C(=O)[C@H]1C[C@@H](O)CN1)C1CN(C(=Nc2ccc(F)c(OC(F)F)c2)NC#N)N=C1c1ccc(Cl)c(Cl)c1. The minimum absolute atomic E-state index is 0.00268. The molecule has 40 heavy (non-hydrogen) atoms. The Morgan fingerprint density at radius 1 is 1.35 bits per heavy atom. The van der Waals surface area contributed by atoms with Crippen molar-refractivity contribution in [2.24, 2.45) is 10.1 Å². The molecule has 2 aliphatic rings. The van der Waals surface area contributed by atoms with Crippen molar-refractivity contribution >= 4 is 46.5 Å². The number of alkyl halides is 2. The maximum absolute atomic E-state index is 13.9. The summed E-state index contributed by atoms with van der Waals surface area (Å²) in [5, 5.41) is 31.3. The molecule has 2 aromatic carbocycles. The first-order valence-corrected chi connectivity index (χ1v) is 12.9. The molecule has 0 aromatic heterocycles. The van der Waals surface area contributed by atoms with Gasteiger partial charge in [-0.25, -0.2) is 14.4 Å². The average molecular weight is 598 g/mol. The first-order valence-electron chi connectivity index (χ1n) is 12.1. The number of aliphatic hydroxyl groups excluding tert-OH is 1. The number of aliphatic hydroxyl groups is 1. The second-order valence-electron chi connectivity index (χ2n) is 8.85. The summed E-state index contributed by atoms with van der Waals surface area (Å²) in [5.41, 5.74) is 0.968. The van der Waals surface area contributed by atoms with Crippen LogP contribution in [-0.4, -0.2) is 77.0 Å². The topological polar surface area (TPSA) is 126 Å². The lowest BCUT2D eigenvalue weighted by Gasteiger charge is -2.31. The molecule has 0 aliphatic carbocycles. The van der Waals surface area contributed by atoms with Crippen molar-refractivity contribution in [1.29, 1.82) is 5.26 Å². The second-order valence-corrected chi connectivity index (χ2v) is 9.67. The van der Waals surface area contributed by atoms with Crippen molar-refractivity contribution in [3.63, 3.8) is 0 Å². The van der Waals surface area contributed by atoms with Crippen LogP contribution in [0.1, 0.15) is 18.9 Å². The molecule has 0 spiro atoms. The standard InChI is InChI=1S/C25H24Cl2F3N7O3/c1-2-36(23(39)19-9-15(38)10-32-19)20-11-37(35-22(20)13-3-5-16(26)17(27)7-13)25(33-12-31)34-14-4-6-18(28)21(8-14)40-24(29)30/h3-8,15,19-20,24,32,38H,2,9-11H2,1H3,(H,33,34)/t15-,19-,20?/m1/s1. The summed E-state index contributed by atoms with van der Waals surface area (Å²) in [4.78, 5) is 19.3. The number of guanidine groups is 1. The van der Waals surface area contributed by atoms with Crippen molar-refractivity contribution in [3.8, 4) is 11.9 Å². The number of benzene rings is 2. The fraction of sp³-hybridized carbons (Fsp3) is 0.360. The summed E-state index contributed by atoms with van der Waals surface area (Å²) in [6.45, 7) is -0.841. The molecule has 3 atom stereocenters. The third-order valence-corrected chi connectivity index (χ3v) is 7.03. The van der Waals surface area contributed by atoms with Gasteiger partial charge in [0.1, 0.15) is 0 Å². The molecule has 212 valence electrons. The van der Waals surface area contributed by atoms with Crippen LogP contribution in [0.2, 0.25) is 10.0 Å². The predicted molar refractivity (Wildman–Crippen MR) is 142 cm³/mol. The van der Waals surface area contributed by atoms with Crippen LogP contribution in [0, 0.1) is 17.3 Å². The Balaban J connectivity index is 1.73. The van der Waals surface area contributed by atoms with E-state index in [2.05, 4.69) is 25.5 Å². The first-order chi connectivity index (χ1) is 19.1. The molecule has 1 amide bonds. The molecule has 1 unspecified atom stereocenters. The Morgan fingerprint density at radius 2 is 2.12 bits per heavy atom. The van der Waals surface area contributed by atoms with Crippen LogP contribution in [0.5, 0.6) is 5.75 Å². The van der Waals surface area contributed by atoms with Crippen LogP contribution >= 0.6 is 23.2 Å². The molecule has 2 heterocycles. The molecular formula is C25H24Cl2F3N7O3. The molecule has 10 nitrogen and oxygen atoms in total. The van der Waals surface area contributed by atoms with Crippen molar-refractivity contribution < 1.29 is 27.8 Å². The quantitative estimate of drug-likeness (QED) is 0.193. The van der Waals surface area contributed by atoms with E-state index in [-0.39, 0.29) is 48.6 Å². The van der Waals surface area contributed by atoms with E-state index in [1.165, 1.54) is 11.1 Å². The van der Waals surface area contributed by atoms with E-state index in [4.69, 9.17) is 23.2 Å². The molecule has 0 radical (unpaired) electrons. The van der Waals surface area contributed by atoms with Crippen LogP contribution in [0.15, 0.2) is 46.5 Å². The lowest BCUT2D eigenvalue weighted by atomic mass is 10.0. The van der Waals surface area contributed by atoms with Gasteiger partial charge in [-0.05, 0) is 37.6 Å². The number of ether oxygens (including phenoxy) is 1. The largest absolute Gasteiger partial charge is 0.432 e. The molecule has 4 rings (SSSR count). The van der Waals surface area contributed by atoms with Crippen LogP contribution in [-0.2, 0) is 4.79 Å². The van der Waals surface area contributed by atoms with Crippen molar-refractivity contribution in [2.45, 2.75) is 38.1 Å². The Bertz CT molecular complexity index is 1370. The number of nitrogens with zero attached hydrogens (tertiary/aromatic N) is 5. The highest BCUT2D eigenvalue weighted by Gasteiger charge is 2.40. The predicted octanol–water partition coefficient (Wildman–Crippen LogP) is 3.45. The number of carbonyl (C=O) groups is 1. The summed E-state index contributed by atoms with van der Waals surface area (Å²) in [7, 11) is 0. The zero-order chi connectivity index (χ0) is 29.0. The van der Waals surface area contributed by atoms with Gasteiger partial charge >= 0.3 is 6.61 Å². The number of likely N-dealkylation sites (N-methyl/N-ethyl adjacent to an activating group) is 1. The Labute approximate surface area is 237 Å². The van der Waals surface area contributed by atoms with E-state index < -0.39 is 36.4 Å². The Kier molecular flexibility index (Phi) is 9.36. The molecule has 1 fully saturated rings. The van der Waals surface area contributed by atoms with Crippen LogP contribution in [0.25, 0.3) is 0 Å². The van der Waals surface area contributed by atoms with Gasteiger partial charge in [-0.2, -0.15) is 19.1 Å². The number of nitriles is 1. The number of carbonyl (C=O) groups excluding carboxylic acids is 1. The number of rotatable bonds is 7. The van der Waals surface area contributed by atoms with E-state index in [0.717, 1.165) is 12.1 Å². The van der Waals surface area contributed by atoms with Crippen LogP contribution < -0.4 is 15.4 Å².